The number of ether oxygens (including phenoxy) is 4. The van der Waals surface area contributed by atoms with E-state index in [1.165, 1.54) is 28.1 Å². The number of hydrogen-bond donors (Lipinski definition) is 0. The molecule has 0 saturated carbocycles. The predicted molar refractivity (Wildman–Crippen MR) is 120 cm³/mol. The Kier molecular flexibility index (Phi) is 8.07. The highest BCUT2D eigenvalue weighted by atomic mass is 16.6. The van der Waals surface area contributed by atoms with E-state index in [1.54, 1.807) is 12.1 Å². The Morgan fingerprint density at radius 3 is 1.73 bits per heavy atom. The Morgan fingerprint density at radius 2 is 1.24 bits per heavy atom. The maximum atomic E-state index is 11.2. The molecule has 0 spiro atoms. The molecule has 8 nitrogen and oxygen atoms in total. The number of hydrogen-bond acceptors (Lipinski definition) is 8. The maximum Gasteiger partial charge on any atom is 0.308 e. The molecule has 0 amide bonds. The minimum atomic E-state index is -0.394. The van der Waals surface area contributed by atoms with Crippen molar-refractivity contribution in [2.45, 2.75) is 39.5 Å². The van der Waals surface area contributed by atoms with Crippen LogP contribution in [0.25, 0.3) is 0 Å². The molecule has 8 heteroatoms. The molecule has 0 radical (unpaired) electrons. The third-order valence-electron chi connectivity index (χ3n) is 4.90. The summed E-state index contributed by atoms with van der Waals surface area (Å²) in [5.74, 6) is 1.82. The molecule has 0 fully saturated rings. The van der Waals surface area contributed by atoms with E-state index < -0.39 is 11.9 Å². The molecule has 0 unspecified atom stereocenters. The number of aromatic nitrogens is 1. The molecule has 0 atom stereocenters. The summed E-state index contributed by atoms with van der Waals surface area (Å²) < 4.78 is 26.4. The zero-order chi connectivity index (χ0) is 23.8. The van der Waals surface area contributed by atoms with Crippen LogP contribution in [-0.4, -0.2) is 31.3 Å². The van der Waals surface area contributed by atoms with Gasteiger partial charge in [-0.1, -0.05) is 17.3 Å². The van der Waals surface area contributed by atoms with Crippen molar-refractivity contribution >= 4 is 11.9 Å². The molecule has 0 aliphatic heterocycles. The largest absolute Gasteiger partial charge is 0.493 e. The number of carbonyl (C=O) groups is 2. The number of esters is 2. The third-order valence-corrected chi connectivity index (χ3v) is 4.90. The standard InChI is InChI=1S/C25H27NO7/c1-16(27)31-22-11-7-18(13-24(22)29-3)5-9-20-15-21(33-26-20)10-6-19-8-12-23(32-17(2)28)25(14-19)30-4/h7-8,11-15H,5-6,9-10H2,1-4H3. The lowest BCUT2D eigenvalue weighted by Crippen LogP contribution is -2.03. The molecule has 2 aromatic carbocycles. The van der Waals surface area contributed by atoms with Crippen molar-refractivity contribution in [3.8, 4) is 23.0 Å². The summed E-state index contributed by atoms with van der Waals surface area (Å²) >= 11 is 0. The van der Waals surface area contributed by atoms with Crippen molar-refractivity contribution in [2.24, 2.45) is 0 Å². The second-order valence-corrected chi connectivity index (χ2v) is 7.44. The molecule has 0 saturated heterocycles. The molecular weight excluding hydrogens is 426 g/mol. The molecule has 0 bridgehead atoms. The predicted octanol–water partition coefficient (Wildman–Crippen LogP) is 4.11. The minimum absolute atomic E-state index is 0.394. The average Bonchev–Trinajstić information content (AvgIpc) is 3.24. The highest BCUT2D eigenvalue weighted by molar-refractivity contribution is 5.71. The van der Waals surface area contributed by atoms with Crippen LogP contribution in [0.2, 0.25) is 0 Å². The van der Waals surface area contributed by atoms with Crippen molar-refractivity contribution < 1.29 is 33.1 Å². The van der Waals surface area contributed by atoms with E-state index in [0.29, 0.717) is 35.8 Å². The number of benzene rings is 2. The fraction of sp³-hybridized carbons (Fsp3) is 0.320. The smallest absolute Gasteiger partial charge is 0.308 e. The number of nitrogens with zero attached hydrogens (tertiary/aromatic N) is 1. The molecule has 3 aromatic rings. The average molecular weight is 453 g/mol. The summed E-state index contributed by atoms with van der Waals surface area (Å²) in [4.78, 5) is 22.4. The molecule has 1 aromatic heterocycles. The van der Waals surface area contributed by atoms with Crippen LogP contribution in [0.15, 0.2) is 47.0 Å². The summed E-state index contributed by atoms with van der Waals surface area (Å²) in [7, 11) is 3.07. The van der Waals surface area contributed by atoms with E-state index in [-0.39, 0.29) is 0 Å². The molecule has 33 heavy (non-hydrogen) atoms. The van der Waals surface area contributed by atoms with Crippen LogP contribution in [0.5, 0.6) is 23.0 Å². The topological polar surface area (TPSA) is 97.1 Å². The van der Waals surface area contributed by atoms with Crippen molar-refractivity contribution in [1.29, 1.82) is 0 Å². The zero-order valence-corrected chi connectivity index (χ0v) is 19.2. The highest BCUT2D eigenvalue weighted by Crippen LogP contribution is 2.30. The van der Waals surface area contributed by atoms with Gasteiger partial charge in [0, 0.05) is 26.3 Å². The number of methoxy groups -OCH3 is 2. The van der Waals surface area contributed by atoms with Crippen LogP contribution in [0.3, 0.4) is 0 Å². The number of aryl methyl sites for hydroxylation is 4. The van der Waals surface area contributed by atoms with Crippen LogP contribution in [0.4, 0.5) is 0 Å². The van der Waals surface area contributed by atoms with Crippen LogP contribution < -0.4 is 18.9 Å². The van der Waals surface area contributed by atoms with Crippen LogP contribution in [-0.2, 0) is 35.3 Å². The van der Waals surface area contributed by atoms with Crippen molar-refractivity contribution in [3.63, 3.8) is 0 Å². The summed E-state index contributed by atoms with van der Waals surface area (Å²) in [5, 5.41) is 4.17. The first kappa shape index (κ1) is 23.8. The van der Waals surface area contributed by atoms with Gasteiger partial charge in [0.2, 0.25) is 0 Å². The molecular formula is C25H27NO7. The summed E-state index contributed by atoms with van der Waals surface area (Å²) in [5.41, 5.74) is 2.92. The Labute approximate surface area is 192 Å². The van der Waals surface area contributed by atoms with Gasteiger partial charge in [-0.3, -0.25) is 9.59 Å². The van der Waals surface area contributed by atoms with Gasteiger partial charge in [-0.2, -0.15) is 0 Å². The summed E-state index contributed by atoms with van der Waals surface area (Å²) in [6.07, 6.45) is 2.83. The van der Waals surface area contributed by atoms with E-state index in [0.717, 1.165) is 35.4 Å². The first-order chi connectivity index (χ1) is 15.9. The van der Waals surface area contributed by atoms with Gasteiger partial charge in [-0.15, -0.1) is 0 Å². The van der Waals surface area contributed by atoms with E-state index in [2.05, 4.69) is 5.16 Å². The quantitative estimate of drug-likeness (QED) is 0.334. The van der Waals surface area contributed by atoms with E-state index in [1.807, 2.05) is 30.3 Å². The highest BCUT2D eigenvalue weighted by Gasteiger charge is 2.11. The molecule has 3 rings (SSSR count). The van der Waals surface area contributed by atoms with Crippen LogP contribution in [0, 0.1) is 0 Å². The lowest BCUT2D eigenvalue weighted by molar-refractivity contribution is -0.132. The van der Waals surface area contributed by atoms with E-state index in [4.69, 9.17) is 23.5 Å². The molecule has 0 aliphatic carbocycles. The summed E-state index contributed by atoms with van der Waals surface area (Å²) in [6.45, 7) is 2.70. The molecule has 174 valence electrons. The van der Waals surface area contributed by atoms with Crippen LogP contribution in [0.1, 0.15) is 36.4 Å². The van der Waals surface area contributed by atoms with Crippen molar-refractivity contribution in [2.75, 3.05) is 14.2 Å². The fourth-order valence-corrected chi connectivity index (χ4v) is 3.34. The Bertz CT molecular complexity index is 1030. The van der Waals surface area contributed by atoms with Crippen molar-refractivity contribution in [1.82, 2.24) is 5.16 Å². The van der Waals surface area contributed by atoms with Gasteiger partial charge >= 0.3 is 11.9 Å². The second kappa shape index (κ2) is 11.2. The Morgan fingerprint density at radius 1 is 0.727 bits per heavy atom. The first-order valence-corrected chi connectivity index (χ1v) is 10.5. The molecule has 0 aliphatic rings. The van der Waals surface area contributed by atoms with Gasteiger partial charge in [0.15, 0.2) is 23.0 Å². The zero-order valence-electron chi connectivity index (χ0n) is 19.2. The number of carbonyl (C=O) groups excluding carboxylic acids is 2. The van der Waals surface area contributed by atoms with Gasteiger partial charge in [0.25, 0.3) is 0 Å². The minimum Gasteiger partial charge on any atom is -0.493 e. The Balaban J connectivity index is 1.56. The van der Waals surface area contributed by atoms with Crippen molar-refractivity contribution in [3.05, 3.63) is 65.0 Å². The lowest BCUT2D eigenvalue weighted by Gasteiger charge is -2.09. The maximum absolute atomic E-state index is 11.2. The second-order valence-electron chi connectivity index (χ2n) is 7.44. The summed E-state index contributed by atoms with van der Waals surface area (Å²) in [6, 6.07) is 12.9. The van der Waals surface area contributed by atoms with Gasteiger partial charge < -0.3 is 23.5 Å². The van der Waals surface area contributed by atoms with E-state index >= 15 is 0 Å². The van der Waals surface area contributed by atoms with Gasteiger partial charge in [0.1, 0.15) is 5.76 Å². The monoisotopic (exact) mass is 453 g/mol. The fourth-order valence-electron chi connectivity index (χ4n) is 3.34. The van der Waals surface area contributed by atoms with Crippen LogP contribution >= 0.6 is 0 Å². The SMILES string of the molecule is COc1cc(CCc2cc(CCc3ccc(OC(C)=O)c(OC)c3)on2)ccc1OC(C)=O. The third kappa shape index (κ3) is 6.83. The Hall–Kier alpha value is -3.81. The number of rotatable bonds is 10. The van der Waals surface area contributed by atoms with Gasteiger partial charge in [-0.25, -0.2) is 0 Å². The molecule has 1 heterocycles. The molecule has 0 N–H and O–H groups in total. The van der Waals surface area contributed by atoms with Gasteiger partial charge in [0.05, 0.1) is 19.9 Å². The first-order valence-electron chi connectivity index (χ1n) is 10.5. The van der Waals surface area contributed by atoms with Gasteiger partial charge in [-0.05, 0) is 54.7 Å². The van der Waals surface area contributed by atoms with E-state index in [9.17, 15) is 9.59 Å². The lowest BCUT2D eigenvalue weighted by atomic mass is 10.1. The normalized spacial score (nSPS) is 10.5.